The first-order valence-corrected chi connectivity index (χ1v) is 10.9. The number of likely N-dealkylation sites (N-methyl/N-ethyl adjacent to an activating group) is 1. The quantitative estimate of drug-likeness (QED) is 0.596. The first kappa shape index (κ1) is 21.7. The molecule has 1 atom stereocenters. The Morgan fingerprint density at radius 2 is 1.94 bits per heavy atom. The van der Waals surface area contributed by atoms with Crippen LogP contribution in [0.1, 0.15) is 38.3 Å². The molecule has 3 aromatic rings. The predicted octanol–water partition coefficient (Wildman–Crippen LogP) is 2.17. The monoisotopic (exact) mass is 455 g/mol. The second-order valence-corrected chi connectivity index (χ2v) is 8.81. The van der Waals surface area contributed by atoms with Gasteiger partial charge >= 0.3 is 0 Å². The Hall–Kier alpha value is -3.53. The molecule has 1 aliphatic rings. The van der Waals surface area contributed by atoms with Crippen LogP contribution < -0.4 is 10.6 Å². The Bertz CT molecular complexity index is 1160. The molecule has 1 aliphatic heterocycles. The summed E-state index contributed by atoms with van der Waals surface area (Å²) in [4.78, 5) is 40.8. The van der Waals surface area contributed by atoms with Crippen molar-refractivity contribution in [2.75, 3.05) is 7.05 Å². The summed E-state index contributed by atoms with van der Waals surface area (Å²) in [5.74, 6) is -1.52. The largest absolute Gasteiger partial charge is 0.350 e. The summed E-state index contributed by atoms with van der Waals surface area (Å²) in [5, 5.41) is 11.8. The molecule has 1 aromatic carbocycles. The fraction of sp³-hybridized carbons (Fsp3) is 0.273. The van der Waals surface area contributed by atoms with Gasteiger partial charge in [0.1, 0.15) is 17.1 Å². The summed E-state index contributed by atoms with van der Waals surface area (Å²) < 4.78 is 14.5. The number of carbonyl (C=O) groups is 3. The number of carbonyl (C=O) groups excluding carboxylic acids is 3. The number of fused-ring (bicyclic) bond motifs is 1. The van der Waals surface area contributed by atoms with E-state index < -0.39 is 17.4 Å². The molecule has 3 heterocycles. The molecular formula is C22H22FN5O3S. The number of amides is 3. The first-order chi connectivity index (χ1) is 15.3. The van der Waals surface area contributed by atoms with Crippen molar-refractivity contribution < 1.29 is 18.8 Å². The molecule has 0 saturated heterocycles. The summed E-state index contributed by atoms with van der Waals surface area (Å²) in [6.45, 7) is 2.30. The molecule has 8 nitrogen and oxygen atoms in total. The van der Waals surface area contributed by atoms with E-state index in [1.54, 1.807) is 26.1 Å². The molecule has 0 saturated carbocycles. The second-order valence-electron chi connectivity index (χ2n) is 7.78. The van der Waals surface area contributed by atoms with Crippen molar-refractivity contribution in [1.82, 2.24) is 25.3 Å². The van der Waals surface area contributed by atoms with Crippen molar-refractivity contribution >= 4 is 29.1 Å². The molecule has 2 N–H and O–H groups in total. The molecule has 0 aliphatic carbocycles. The molecule has 4 rings (SSSR count). The fourth-order valence-electron chi connectivity index (χ4n) is 3.48. The standard InChI is InChI=1S/C22H22FN5O3S/c1-22(21(31)25-11-14-5-7-15(23)8-6-14)13-28-18(20(30)27(22)2)10-17(26-28)19(29)24-12-16-4-3-9-32-16/h3-10H,11-13H2,1-2H3,(H,24,29)(H,25,31)/t22-/m1/s1. The van der Waals surface area contributed by atoms with Crippen LogP contribution in [-0.2, 0) is 24.4 Å². The van der Waals surface area contributed by atoms with Gasteiger partial charge in [-0.25, -0.2) is 4.39 Å². The molecule has 166 valence electrons. The number of benzene rings is 1. The summed E-state index contributed by atoms with van der Waals surface area (Å²) in [5.41, 5.74) is -0.106. The lowest BCUT2D eigenvalue weighted by Gasteiger charge is -2.40. The van der Waals surface area contributed by atoms with Gasteiger partial charge in [-0.3, -0.25) is 19.1 Å². The maximum Gasteiger partial charge on any atom is 0.272 e. The minimum Gasteiger partial charge on any atom is -0.350 e. The predicted molar refractivity (Wildman–Crippen MR) is 116 cm³/mol. The van der Waals surface area contributed by atoms with Crippen LogP contribution in [0.5, 0.6) is 0 Å². The van der Waals surface area contributed by atoms with Gasteiger partial charge in [-0.05, 0) is 36.1 Å². The number of hydrogen-bond donors (Lipinski definition) is 2. The van der Waals surface area contributed by atoms with Gasteiger partial charge in [0.05, 0.1) is 13.1 Å². The Kier molecular flexibility index (Phi) is 5.79. The molecule has 0 radical (unpaired) electrons. The topological polar surface area (TPSA) is 96.3 Å². The zero-order chi connectivity index (χ0) is 22.9. The van der Waals surface area contributed by atoms with E-state index in [-0.39, 0.29) is 36.2 Å². The van der Waals surface area contributed by atoms with Gasteiger partial charge in [0.2, 0.25) is 5.91 Å². The highest BCUT2D eigenvalue weighted by atomic mass is 32.1. The first-order valence-electron chi connectivity index (χ1n) is 9.97. The van der Waals surface area contributed by atoms with Gasteiger partial charge in [-0.2, -0.15) is 5.10 Å². The van der Waals surface area contributed by atoms with E-state index in [0.29, 0.717) is 6.54 Å². The van der Waals surface area contributed by atoms with Crippen molar-refractivity contribution in [3.05, 3.63) is 75.5 Å². The molecule has 32 heavy (non-hydrogen) atoms. The summed E-state index contributed by atoms with van der Waals surface area (Å²) >= 11 is 1.53. The van der Waals surface area contributed by atoms with E-state index in [9.17, 15) is 18.8 Å². The molecule has 2 aromatic heterocycles. The molecule has 10 heteroatoms. The van der Waals surface area contributed by atoms with Crippen molar-refractivity contribution in [2.24, 2.45) is 0 Å². The molecule has 0 unspecified atom stereocenters. The van der Waals surface area contributed by atoms with Crippen molar-refractivity contribution in [3.63, 3.8) is 0 Å². The SMILES string of the molecule is CN1C(=O)c2cc(C(=O)NCc3cccs3)nn2C[C@]1(C)C(=O)NCc1ccc(F)cc1. The van der Waals surface area contributed by atoms with E-state index in [1.807, 2.05) is 17.5 Å². The molecule has 3 amide bonds. The van der Waals surface area contributed by atoms with E-state index in [2.05, 4.69) is 15.7 Å². The normalized spacial score (nSPS) is 17.7. The summed E-state index contributed by atoms with van der Waals surface area (Å²) in [6, 6.07) is 11.1. The lowest BCUT2D eigenvalue weighted by Crippen LogP contribution is -2.62. The third-order valence-electron chi connectivity index (χ3n) is 5.59. The van der Waals surface area contributed by atoms with Gasteiger partial charge in [0.25, 0.3) is 11.8 Å². The average molecular weight is 456 g/mol. The zero-order valence-corrected chi connectivity index (χ0v) is 18.4. The molecule has 0 bridgehead atoms. The van der Waals surface area contributed by atoms with Crippen molar-refractivity contribution in [3.8, 4) is 0 Å². The summed E-state index contributed by atoms with van der Waals surface area (Å²) in [7, 11) is 1.55. The lowest BCUT2D eigenvalue weighted by atomic mass is 9.96. The molecule has 0 spiro atoms. The number of nitrogens with one attached hydrogen (secondary N) is 2. The Morgan fingerprint density at radius 1 is 1.19 bits per heavy atom. The second kappa shape index (κ2) is 8.54. The van der Waals surface area contributed by atoms with Crippen LogP contribution in [0.3, 0.4) is 0 Å². The van der Waals surface area contributed by atoms with Crippen LogP contribution in [0.4, 0.5) is 4.39 Å². The van der Waals surface area contributed by atoms with Crippen LogP contribution in [0.25, 0.3) is 0 Å². The highest BCUT2D eigenvalue weighted by Crippen LogP contribution is 2.26. The smallest absolute Gasteiger partial charge is 0.272 e. The Labute approximate surface area is 188 Å². The number of hydrogen-bond acceptors (Lipinski definition) is 5. The maximum absolute atomic E-state index is 13.1. The van der Waals surface area contributed by atoms with Crippen molar-refractivity contribution in [2.45, 2.75) is 32.1 Å². The van der Waals surface area contributed by atoms with Crippen LogP contribution >= 0.6 is 11.3 Å². The van der Waals surface area contributed by atoms with Crippen molar-refractivity contribution in [1.29, 1.82) is 0 Å². The summed E-state index contributed by atoms with van der Waals surface area (Å²) in [6.07, 6.45) is 0. The minimum atomic E-state index is -1.21. The Morgan fingerprint density at radius 3 is 2.62 bits per heavy atom. The zero-order valence-electron chi connectivity index (χ0n) is 17.6. The van der Waals surface area contributed by atoms with Crippen LogP contribution in [-0.4, -0.2) is 45.0 Å². The minimum absolute atomic E-state index is 0.0953. The fourth-order valence-corrected chi connectivity index (χ4v) is 4.13. The third kappa shape index (κ3) is 4.13. The van der Waals surface area contributed by atoms with Gasteiger partial charge < -0.3 is 15.5 Å². The van der Waals surface area contributed by atoms with Crippen LogP contribution in [0.15, 0.2) is 47.8 Å². The van der Waals surface area contributed by atoms with Crippen LogP contribution in [0.2, 0.25) is 0 Å². The van der Waals surface area contributed by atoms with Gasteiger partial charge in [-0.1, -0.05) is 18.2 Å². The number of aromatic nitrogens is 2. The van der Waals surface area contributed by atoms with E-state index in [1.165, 1.54) is 39.1 Å². The van der Waals surface area contributed by atoms with Gasteiger partial charge in [-0.15, -0.1) is 11.3 Å². The maximum atomic E-state index is 13.1. The lowest BCUT2D eigenvalue weighted by molar-refractivity contribution is -0.132. The number of rotatable bonds is 6. The van der Waals surface area contributed by atoms with E-state index >= 15 is 0 Å². The van der Waals surface area contributed by atoms with Crippen LogP contribution in [0, 0.1) is 5.82 Å². The molecular weight excluding hydrogens is 433 g/mol. The van der Waals surface area contributed by atoms with Gasteiger partial charge in [0, 0.05) is 24.5 Å². The average Bonchev–Trinajstić information content (AvgIpc) is 3.45. The molecule has 0 fully saturated rings. The highest BCUT2D eigenvalue weighted by molar-refractivity contribution is 7.09. The Balaban J connectivity index is 1.47. The van der Waals surface area contributed by atoms with Gasteiger partial charge in [0.15, 0.2) is 5.69 Å². The third-order valence-corrected chi connectivity index (χ3v) is 6.47. The van der Waals surface area contributed by atoms with E-state index in [4.69, 9.17) is 0 Å². The number of halogens is 1. The number of nitrogens with zero attached hydrogens (tertiary/aromatic N) is 3. The highest BCUT2D eigenvalue weighted by Gasteiger charge is 2.46. The van der Waals surface area contributed by atoms with E-state index in [0.717, 1.165) is 10.4 Å². The number of thiophene rings is 1.